The van der Waals surface area contributed by atoms with Crippen molar-refractivity contribution in [3.8, 4) is 0 Å². The zero-order chi connectivity index (χ0) is 12.4. The zero-order valence-corrected chi connectivity index (χ0v) is 9.98. The van der Waals surface area contributed by atoms with Crippen LogP contribution in [0, 0.1) is 11.9 Å². The van der Waals surface area contributed by atoms with Crippen molar-refractivity contribution in [3.05, 3.63) is 24.3 Å². The van der Waals surface area contributed by atoms with Crippen molar-refractivity contribution >= 4 is 11.6 Å². The van der Waals surface area contributed by atoms with Crippen LogP contribution in [0.3, 0.4) is 0 Å². The van der Waals surface area contributed by atoms with Crippen LogP contribution in [-0.4, -0.2) is 35.4 Å². The summed E-state index contributed by atoms with van der Waals surface area (Å²) in [6.45, 7) is 3.04. The molecule has 0 radical (unpaired) electrons. The summed E-state index contributed by atoms with van der Waals surface area (Å²) in [6.07, 6.45) is 2.18. The Morgan fingerprint density at radius 1 is 1.65 bits per heavy atom. The highest BCUT2D eigenvalue weighted by molar-refractivity contribution is 5.94. The summed E-state index contributed by atoms with van der Waals surface area (Å²) in [5, 5.41) is 2.72. The van der Waals surface area contributed by atoms with Crippen molar-refractivity contribution < 1.29 is 9.18 Å². The van der Waals surface area contributed by atoms with Gasteiger partial charge in [-0.15, -0.1) is 0 Å². The van der Waals surface area contributed by atoms with Gasteiger partial charge in [-0.05, 0) is 25.5 Å². The Morgan fingerprint density at radius 3 is 3.00 bits per heavy atom. The molecule has 1 aromatic heterocycles. The van der Waals surface area contributed by atoms with Crippen molar-refractivity contribution in [1.82, 2.24) is 9.88 Å². The van der Waals surface area contributed by atoms with E-state index >= 15 is 0 Å². The number of hydrogen-bond donors (Lipinski definition) is 1. The van der Waals surface area contributed by atoms with Crippen molar-refractivity contribution in [2.75, 3.05) is 18.9 Å². The first kappa shape index (κ1) is 12.0. The third kappa shape index (κ3) is 2.79. The molecule has 0 aliphatic carbocycles. The third-order valence-corrected chi connectivity index (χ3v) is 3.05. The first-order valence-electron chi connectivity index (χ1n) is 5.69. The minimum Gasteiger partial charge on any atom is -0.325 e. The Balaban J connectivity index is 2.02. The molecule has 0 bridgehead atoms. The van der Waals surface area contributed by atoms with Gasteiger partial charge >= 0.3 is 0 Å². The second kappa shape index (κ2) is 4.79. The monoisotopic (exact) mass is 237 g/mol. The van der Waals surface area contributed by atoms with Gasteiger partial charge in [0.05, 0.1) is 6.04 Å². The first-order valence-corrected chi connectivity index (χ1v) is 5.69. The van der Waals surface area contributed by atoms with Gasteiger partial charge in [0.2, 0.25) is 11.9 Å². The third-order valence-electron chi connectivity index (χ3n) is 3.05. The van der Waals surface area contributed by atoms with Crippen LogP contribution in [0.15, 0.2) is 18.3 Å². The molecule has 1 fully saturated rings. The Kier molecular flexibility index (Phi) is 3.38. The van der Waals surface area contributed by atoms with Gasteiger partial charge in [-0.3, -0.25) is 9.69 Å². The molecule has 1 amide bonds. The number of pyridine rings is 1. The van der Waals surface area contributed by atoms with Crippen LogP contribution in [0.5, 0.6) is 0 Å². The van der Waals surface area contributed by atoms with E-state index in [9.17, 15) is 9.18 Å². The van der Waals surface area contributed by atoms with Crippen molar-refractivity contribution in [1.29, 1.82) is 0 Å². The van der Waals surface area contributed by atoms with E-state index in [0.717, 1.165) is 13.0 Å². The lowest BCUT2D eigenvalue weighted by atomic mass is 10.1. The predicted octanol–water partition coefficient (Wildman–Crippen LogP) is 1.50. The van der Waals surface area contributed by atoms with E-state index in [-0.39, 0.29) is 11.9 Å². The Morgan fingerprint density at radius 2 is 2.41 bits per heavy atom. The molecule has 5 heteroatoms. The van der Waals surface area contributed by atoms with Crippen molar-refractivity contribution in [2.24, 2.45) is 5.92 Å². The highest BCUT2D eigenvalue weighted by atomic mass is 19.1. The van der Waals surface area contributed by atoms with Crippen LogP contribution in [-0.2, 0) is 4.79 Å². The molecule has 1 unspecified atom stereocenters. The lowest BCUT2D eigenvalue weighted by molar-refractivity contribution is -0.119. The topological polar surface area (TPSA) is 45.2 Å². The van der Waals surface area contributed by atoms with Gasteiger partial charge in [-0.25, -0.2) is 4.98 Å². The van der Waals surface area contributed by atoms with E-state index in [1.54, 1.807) is 6.07 Å². The van der Waals surface area contributed by atoms with E-state index in [2.05, 4.69) is 17.2 Å². The predicted molar refractivity (Wildman–Crippen MR) is 63.0 cm³/mol. The molecule has 1 aromatic rings. The van der Waals surface area contributed by atoms with Gasteiger partial charge < -0.3 is 5.32 Å². The minimum atomic E-state index is -0.587. The molecular formula is C12H16FN3O. The number of likely N-dealkylation sites (N-methyl/N-ethyl adjacent to an activating group) is 1. The fourth-order valence-corrected chi connectivity index (χ4v) is 2.27. The number of rotatable bonds is 2. The maximum absolute atomic E-state index is 12.9. The minimum absolute atomic E-state index is 0.0811. The number of amides is 1. The molecule has 2 heterocycles. The van der Waals surface area contributed by atoms with Crippen molar-refractivity contribution in [2.45, 2.75) is 19.4 Å². The van der Waals surface area contributed by atoms with Crippen LogP contribution >= 0.6 is 0 Å². The summed E-state index contributed by atoms with van der Waals surface area (Å²) in [4.78, 5) is 17.5. The second-order valence-electron chi connectivity index (χ2n) is 4.65. The van der Waals surface area contributed by atoms with Gasteiger partial charge in [0, 0.05) is 24.5 Å². The number of nitrogens with zero attached hydrogens (tertiary/aromatic N) is 2. The molecule has 0 saturated carbocycles. The lowest BCUT2D eigenvalue weighted by Crippen LogP contribution is -2.37. The molecule has 0 spiro atoms. The number of carbonyl (C=O) groups is 1. The van der Waals surface area contributed by atoms with E-state index in [0.29, 0.717) is 11.6 Å². The molecule has 1 saturated heterocycles. The average molecular weight is 237 g/mol. The highest BCUT2D eigenvalue weighted by Crippen LogP contribution is 2.22. The Bertz CT molecular complexity index is 424. The molecule has 2 atom stereocenters. The van der Waals surface area contributed by atoms with E-state index in [1.165, 1.54) is 12.3 Å². The molecular weight excluding hydrogens is 221 g/mol. The summed E-state index contributed by atoms with van der Waals surface area (Å²) < 4.78 is 12.9. The summed E-state index contributed by atoms with van der Waals surface area (Å²) in [7, 11) is 1.93. The van der Waals surface area contributed by atoms with Gasteiger partial charge in [0.25, 0.3) is 0 Å². The van der Waals surface area contributed by atoms with Gasteiger partial charge in [-0.2, -0.15) is 4.39 Å². The number of aromatic nitrogens is 1. The van der Waals surface area contributed by atoms with Gasteiger partial charge in [0.1, 0.15) is 0 Å². The fraction of sp³-hybridized carbons (Fsp3) is 0.500. The number of nitrogens with one attached hydrogen (secondary N) is 1. The fourth-order valence-electron chi connectivity index (χ4n) is 2.27. The lowest BCUT2D eigenvalue weighted by Gasteiger charge is -2.18. The zero-order valence-electron chi connectivity index (χ0n) is 9.98. The summed E-state index contributed by atoms with van der Waals surface area (Å²) in [6, 6.07) is 2.68. The molecule has 0 aromatic carbocycles. The normalized spacial score (nSPS) is 24.9. The molecule has 92 valence electrons. The average Bonchev–Trinajstić information content (AvgIpc) is 2.58. The number of anilines is 1. The maximum Gasteiger partial charge on any atom is 0.241 e. The Labute approximate surface area is 99.8 Å². The molecule has 17 heavy (non-hydrogen) atoms. The smallest absolute Gasteiger partial charge is 0.241 e. The second-order valence-corrected chi connectivity index (χ2v) is 4.65. The van der Waals surface area contributed by atoms with Gasteiger partial charge in [0.15, 0.2) is 0 Å². The van der Waals surface area contributed by atoms with Crippen LogP contribution in [0.2, 0.25) is 0 Å². The molecule has 4 nitrogen and oxygen atoms in total. The quantitative estimate of drug-likeness (QED) is 0.793. The Hall–Kier alpha value is -1.49. The number of hydrogen-bond acceptors (Lipinski definition) is 3. The highest BCUT2D eigenvalue weighted by Gasteiger charge is 2.32. The molecule has 1 aliphatic rings. The summed E-state index contributed by atoms with van der Waals surface area (Å²) in [5.74, 6) is -0.150. The van der Waals surface area contributed by atoms with E-state index < -0.39 is 5.95 Å². The van der Waals surface area contributed by atoms with Gasteiger partial charge in [-0.1, -0.05) is 6.92 Å². The van der Waals surface area contributed by atoms with Crippen LogP contribution in [0.25, 0.3) is 0 Å². The largest absolute Gasteiger partial charge is 0.325 e. The van der Waals surface area contributed by atoms with E-state index in [4.69, 9.17) is 0 Å². The van der Waals surface area contributed by atoms with Crippen LogP contribution < -0.4 is 5.32 Å². The number of likely N-dealkylation sites (tertiary alicyclic amines) is 1. The maximum atomic E-state index is 12.9. The molecule has 1 N–H and O–H groups in total. The summed E-state index contributed by atoms with van der Waals surface area (Å²) >= 11 is 0. The molecule has 1 aliphatic heterocycles. The standard InChI is InChI=1S/C12H16FN3O/c1-8-5-10(16(2)7-8)12(17)15-9-3-4-14-11(13)6-9/h3-4,6,8,10H,5,7H2,1-2H3,(H,14,15,17)/t8?,10-/m0/s1. The SMILES string of the molecule is CC1C[C@@H](C(=O)Nc2ccnc(F)c2)N(C)C1. The van der Waals surface area contributed by atoms with Crippen LogP contribution in [0.1, 0.15) is 13.3 Å². The summed E-state index contributed by atoms with van der Waals surface area (Å²) in [5.41, 5.74) is 0.454. The first-order chi connectivity index (χ1) is 8.06. The number of carbonyl (C=O) groups excluding carboxylic acids is 1. The van der Waals surface area contributed by atoms with Crippen LogP contribution in [0.4, 0.5) is 10.1 Å². The molecule has 2 rings (SSSR count). The van der Waals surface area contributed by atoms with E-state index in [1.807, 2.05) is 11.9 Å². The number of halogens is 1. The van der Waals surface area contributed by atoms with Crippen molar-refractivity contribution in [3.63, 3.8) is 0 Å².